The molecule has 1 fully saturated rings. The number of ether oxygens (including phenoxy) is 3. The number of rotatable bonds is 6. The summed E-state index contributed by atoms with van der Waals surface area (Å²) in [5, 5.41) is 9.72. The van der Waals surface area contributed by atoms with Crippen molar-refractivity contribution >= 4 is 17.7 Å². The van der Waals surface area contributed by atoms with Crippen LogP contribution in [0.1, 0.15) is 39.5 Å². The summed E-state index contributed by atoms with van der Waals surface area (Å²) in [6, 6.07) is 0. The van der Waals surface area contributed by atoms with Crippen LogP contribution >= 0.6 is 0 Å². The first-order valence-electron chi connectivity index (χ1n) is 6.54. The Morgan fingerprint density at radius 3 is 2.45 bits per heavy atom. The molecule has 3 unspecified atom stereocenters. The van der Waals surface area contributed by atoms with Crippen molar-refractivity contribution in [2.75, 3.05) is 6.61 Å². The molecule has 7 heteroatoms. The molecule has 0 aromatic heterocycles. The maximum Gasteiger partial charge on any atom is 0.306 e. The van der Waals surface area contributed by atoms with Crippen LogP contribution < -0.4 is 0 Å². The minimum atomic E-state index is -1.24. The van der Waals surface area contributed by atoms with Gasteiger partial charge in [-0.15, -0.1) is 0 Å². The van der Waals surface area contributed by atoms with E-state index in [0.29, 0.717) is 12.8 Å². The molecular weight excluding hydrogens is 268 g/mol. The van der Waals surface area contributed by atoms with E-state index in [1.165, 1.54) is 13.8 Å². The molecule has 3 atom stereocenters. The van der Waals surface area contributed by atoms with Crippen LogP contribution in [0.2, 0.25) is 0 Å². The van der Waals surface area contributed by atoms with Gasteiger partial charge in [-0.1, -0.05) is 0 Å². The molecule has 20 heavy (non-hydrogen) atoms. The number of carbonyl (C=O) groups is 3. The molecule has 1 saturated heterocycles. The van der Waals surface area contributed by atoms with Crippen molar-refractivity contribution in [1.82, 2.24) is 0 Å². The molecule has 1 heterocycles. The SMILES string of the molecule is CC(=O)CCC(=O)OC1CCC(COC(C)=O)OC1O. The number of aliphatic hydroxyl groups is 1. The van der Waals surface area contributed by atoms with Gasteiger partial charge in [-0.25, -0.2) is 0 Å². The number of hydrogen-bond donors (Lipinski definition) is 1. The molecule has 0 bridgehead atoms. The molecule has 0 aliphatic carbocycles. The Labute approximate surface area is 117 Å². The van der Waals surface area contributed by atoms with Gasteiger partial charge in [-0.3, -0.25) is 9.59 Å². The summed E-state index contributed by atoms with van der Waals surface area (Å²) in [7, 11) is 0. The predicted molar refractivity (Wildman–Crippen MR) is 66.5 cm³/mol. The number of Topliss-reactive ketones (excluding diaryl/α,β-unsaturated/α-hetero) is 1. The highest BCUT2D eigenvalue weighted by atomic mass is 16.7. The first-order valence-corrected chi connectivity index (χ1v) is 6.54. The smallest absolute Gasteiger partial charge is 0.306 e. The number of esters is 2. The van der Waals surface area contributed by atoms with E-state index in [-0.39, 0.29) is 25.2 Å². The van der Waals surface area contributed by atoms with E-state index in [1.54, 1.807) is 0 Å². The van der Waals surface area contributed by atoms with Crippen LogP contribution in [0.4, 0.5) is 0 Å². The van der Waals surface area contributed by atoms with E-state index in [2.05, 4.69) is 0 Å². The van der Waals surface area contributed by atoms with Crippen molar-refractivity contribution in [1.29, 1.82) is 0 Å². The molecule has 0 amide bonds. The van der Waals surface area contributed by atoms with Crippen LogP contribution in [0.3, 0.4) is 0 Å². The van der Waals surface area contributed by atoms with Crippen LogP contribution in [0.15, 0.2) is 0 Å². The zero-order valence-corrected chi connectivity index (χ0v) is 11.7. The third-order valence-electron chi connectivity index (χ3n) is 2.86. The number of aliphatic hydroxyl groups excluding tert-OH is 1. The fraction of sp³-hybridized carbons (Fsp3) is 0.769. The number of ketones is 1. The highest BCUT2D eigenvalue weighted by Gasteiger charge is 2.32. The molecule has 0 spiro atoms. The summed E-state index contributed by atoms with van der Waals surface area (Å²) >= 11 is 0. The third-order valence-corrected chi connectivity index (χ3v) is 2.86. The van der Waals surface area contributed by atoms with Gasteiger partial charge in [0, 0.05) is 13.3 Å². The Balaban J connectivity index is 2.31. The third kappa shape index (κ3) is 6.12. The van der Waals surface area contributed by atoms with E-state index in [9.17, 15) is 19.5 Å². The lowest BCUT2D eigenvalue weighted by molar-refractivity contribution is -0.234. The molecule has 0 aromatic carbocycles. The largest absolute Gasteiger partial charge is 0.463 e. The molecule has 0 saturated carbocycles. The molecule has 1 rings (SSSR count). The van der Waals surface area contributed by atoms with Gasteiger partial charge in [0.05, 0.1) is 12.5 Å². The molecule has 0 aromatic rings. The number of carbonyl (C=O) groups excluding carboxylic acids is 3. The topological polar surface area (TPSA) is 99.1 Å². The highest BCUT2D eigenvalue weighted by molar-refractivity contribution is 5.81. The van der Waals surface area contributed by atoms with E-state index in [1.807, 2.05) is 0 Å². The quantitative estimate of drug-likeness (QED) is 0.703. The van der Waals surface area contributed by atoms with Crippen LogP contribution in [-0.2, 0) is 28.6 Å². The Morgan fingerprint density at radius 2 is 1.90 bits per heavy atom. The second-order valence-corrected chi connectivity index (χ2v) is 4.76. The van der Waals surface area contributed by atoms with Crippen LogP contribution in [0.25, 0.3) is 0 Å². The Hall–Kier alpha value is -1.47. The van der Waals surface area contributed by atoms with Crippen LogP contribution in [0, 0.1) is 0 Å². The standard InChI is InChI=1S/C13H20O7/c1-8(14)3-6-12(16)20-11-5-4-10(19-13(11)17)7-18-9(2)15/h10-11,13,17H,3-7H2,1-2H3. The van der Waals surface area contributed by atoms with Gasteiger partial charge >= 0.3 is 11.9 Å². The van der Waals surface area contributed by atoms with Crippen molar-refractivity contribution in [3.63, 3.8) is 0 Å². The molecule has 7 nitrogen and oxygen atoms in total. The van der Waals surface area contributed by atoms with E-state index in [4.69, 9.17) is 14.2 Å². The van der Waals surface area contributed by atoms with Crippen LogP contribution in [0.5, 0.6) is 0 Å². The second kappa shape index (κ2) is 7.96. The average molecular weight is 288 g/mol. The molecular formula is C13H20O7. The molecule has 1 aliphatic heterocycles. The summed E-state index contributed by atoms with van der Waals surface area (Å²) in [4.78, 5) is 32.9. The summed E-state index contributed by atoms with van der Waals surface area (Å²) in [6.45, 7) is 2.75. The van der Waals surface area contributed by atoms with Gasteiger partial charge in [0.15, 0.2) is 12.4 Å². The lowest BCUT2D eigenvalue weighted by Gasteiger charge is -2.32. The second-order valence-electron chi connectivity index (χ2n) is 4.76. The highest BCUT2D eigenvalue weighted by Crippen LogP contribution is 2.21. The fourth-order valence-corrected chi connectivity index (χ4v) is 1.80. The monoisotopic (exact) mass is 288 g/mol. The summed E-state index contributed by atoms with van der Waals surface area (Å²) in [5.41, 5.74) is 0. The van der Waals surface area contributed by atoms with E-state index >= 15 is 0 Å². The van der Waals surface area contributed by atoms with Crippen LogP contribution in [-0.4, -0.2) is 47.9 Å². The van der Waals surface area contributed by atoms with Crippen molar-refractivity contribution in [3.05, 3.63) is 0 Å². The van der Waals surface area contributed by atoms with E-state index < -0.39 is 30.4 Å². The summed E-state index contributed by atoms with van der Waals surface area (Å²) < 4.78 is 15.1. The predicted octanol–water partition coefficient (Wildman–Crippen LogP) is 0.328. The van der Waals surface area contributed by atoms with Gasteiger partial charge in [0.25, 0.3) is 0 Å². The zero-order chi connectivity index (χ0) is 15.1. The first-order chi connectivity index (χ1) is 9.38. The van der Waals surface area contributed by atoms with Crippen molar-refractivity contribution in [3.8, 4) is 0 Å². The average Bonchev–Trinajstić information content (AvgIpc) is 2.36. The summed E-state index contributed by atoms with van der Waals surface area (Å²) in [6.07, 6.45) is -1.35. The number of hydrogen-bond acceptors (Lipinski definition) is 7. The van der Waals surface area contributed by atoms with Crippen molar-refractivity contribution < 1.29 is 33.7 Å². The van der Waals surface area contributed by atoms with Gasteiger partial charge in [0.2, 0.25) is 0 Å². The zero-order valence-electron chi connectivity index (χ0n) is 11.7. The normalized spacial score (nSPS) is 25.9. The fourth-order valence-electron chi connectivity index (χ4n) is 1.80. The maximum atomic E-state index is 11.4. The Morgan fingerprint density at radius 1 is 1.20 bits per heavy atom. The van der Waals surface area contributed by atoms with Crippen molar-refractivity contribution in [2.24, 2.45) is 0 Å². The van der Waals surface area contributed by atoms with E-state index in [0.717, 1.165) is 0 Å². The Bertz CT molecular complexity index is 366. The molecule has 1 N–H and O–H groups in total. The Kier molecular flexibility index (Phi) is 6.60. The minimum absolute atomic E-state index is 0.00453. The first kappa shape index (κ1) is 16.6. The van der Waals surface area contributed by atoms with Crippen molar-refractivity contribution in [2.45, 2.75) is 58.0 Å². The lowest BCUT2D eigenvalue weighted by Crippen LogP contribution is -2.43. The molecule has 0 radical (unpaired) electrons. The lowest BCUT2D eigenvalue weighted by atomic mass is 10.1. The minimum Gasteiger partial charge on any atom is -0.463 e. The summed E-state index contributed by atoms with van der Waals surface area (Å²) in [5.74, 6) is -1.05. The molecule has 114 valence electrons. The van der Waals surface area contributed by atoms with Gasteiger partial charge in [-0.05, 0) is 19.8 Å². The van der Waals surface area contributed by atoms with Gasteiger partial charge < -0.3 is 24.1 Å². The van der Waals surface area contributed by atoms with Gasteiger partial charge in [0.1, 0.15) is 12.4 Å². The molecule has 1 aliphatic rings. The maximum absolute atomic E-state index is 11.4. The van der Waals surface area contributed by atoms with Gasteiger partial charge in [-0.2, -0.15) is 0 Å².